The maximum absolute atomic E-state index is 12.8. The average molecular weight is 459 g/mol. The zero-order valence-electron chi connectivity index (χ0n) is 16.8. The Bertz CT molecular complexity index is 1270. The molecule has 0 aromatic carbocycles. The molecule has 0 bridgehead atoms. The highest BCUT2D eigenvalue weighted by molar-refractivity contribution is 7.12. The van der Waals surface area contributed by atoms with E-state index in [2.05, 4.69) is 10.1 Å². The van der Waals surface area contributed by atoms with Gasteiger partial charge in [-0.3, -0.25) is 9.36 Å². The number of Topliss-reactive ketones (excluding diaryl/α,β-unsaturated/α-hetero) is 1. The van der Waals surface area contributed by atoms with E-state index < -0.39 is 11.8 Å². The third-order valence-electron chi connectivity index (χ3n) is 4.80. The van der Waals surface area contributed by atoms with Crippen molar-refractivity contribution >= 4 is 29.3 Å². The van der Waals surface area contributed by atoms with Crippen molar-refractivity contribution in [2.45, 2.75) is 19.5 Å². The quantitative estimate of drug-likeness (QED) is 0.582. The van der Waals surface area contributed by atoms with Crippen molar-refractivity contribution in [1.82, 2.24) is 19.3 Å². The summed E-state index contributed by atoms with van der Waals surface area (Å²) in [5.41, 5.74) is 6.10. The smallest absolute Gasteiger partial charge is 0.346 e. The summed E-state index contributed by atoms with van der Waals surface area (Å²) < 4.78 is 33.2. The Morgan fingerprint density at radius 1 is 1.28 bits per heavy atom. The number of nitrogens with two attached hydrogens (primary N) is 1. The highest BCUT2D eigenvalue weighted by atomic mass is 32.1. The molecule has 0 unspecified atom stereocenters. The number of carbonyl (C=O) groups is 1. The topological polar surface area (TPSA) is 105 Å². The largest absolute Gasteiger partial charge is 0.469 e. The first-order chi connectivity index (χ1) is 15.4. The molecule has 0 radical (unpaired) electrons. The van der Waals surface area contributed by atoms with Crippen LogP contribution in [0.4, 0.5) is 8.78 Å². The van der Waals surface area contributed by atoms with Crippen molar-refractivity contribution in [1.29, 1.82) is 0 Å². The number of ether oxygens (including phenoxy) is 1. The predicted octanol–water partition coefficient (Wildman–Crippen LogP) is 2.33. The van der Waals surface area contributed by atoms with Gasteiger partial charge in [0.05, 0.1) is 13.1 Å². The van der Waals surface area contributed by atoms with Gasteiger partial charge in [-0.2, -0.15) is 13.9 Å². The standard InChI is InChI=1S/C21H19F2N5O3S/c22-19(23)15(7-24)9-28-21(30)27(12-26-28)10-18-4-3-17(32-18)2-1-13-5-14-6-16(29)11-31-20(14)25-8-13/h1-5,8,12H,6-7,9-11,24H2/b2-1+. The van der Waals surface area contributed by atoms with Gasteiger partial charge in [-0.1, -0.05) is 6.08 Å². The molecule has 166 valence electrons. The van der Waals surface area contributed by atoms with Crippen LogP contribution >= 0.6 is 11.3 Å². The lowest BCUT2D eigenvalue weighted by Crippen LogP contribution is -2.27. The molecule has 1 aliphatic heterocycles. The highest BCUT2D eigenvalue weighted by Gasteiger charge is 2.17. The summed E-state index contributed by atoms with van der Waals surface area (Å²) in [7, 11) is 0. The zero-order valence-corrected chi connectivity index (χ0v) is 17.6. The SMILES string of the molecule is NCC(Cn1ncn(Cc2ccc(/C=C/c3cnc4c(c3)CC(=O)CO4)s2)c1=O)=C(F)F. The second kappa shape index (κ2) is 9.37. The number of nitrogens with zero attached hydrogens (tertiary/aromatic N) is 4. The molecule has 0 spiro atoms. The molecule has 8 nitrogen and oxygen atoms in total. The first-order valence-corrected chi connectivity index (χ1v) is 10.5. The summed E-state index contributed by atoms with van der Waals surface area (Å²) in [5, 5.41) is 3.90. The van der Waals surface area contributed by atoms with Crippen molar-refractivity contribution in [2.75, 3.05) is 13.2 Å². The molecule has 0 fully saturated rings. The van der Waals surface area contributed by atoms with Gasteiger partial charge in [0.25, 0.3) is 6.08 Å². The van der Waals surface area contributed by atoms with E-state index in [1.165, 1.54) is 22.2 Å². The maximum Gasteiger partial charge on any atom is 0.346 e. The van der Waals surface area contributed by atoms with Crippen LogP contribution in [0.5, 0.6) is 5.88 Å². The van der Waals surface area contributed by atoms with Gasteiger partial charge in [-0.05, 0) is 29.8 Å². The summed E-state index contributed by atoms with van der Waals surface area (Å²) in [6.07, 6.45) is 5.23. The Hall–Kier alpha value is -3.44. The van der Waals surface area contributed by atoms with E-state index in [1.54, 1.807) is 6.20 Å². The molecular formula is C21H19F2N5O3S. The van der Waals surface area contributed by atoms with Crippen LogP contribution in [0, 0.1) is 0 Å². The van der Waals surface area contributed by atoms with Gasteiger partial charge in [-0.25, -0.2) is 14.5 Å². The second-order valence-corrected chi connectivity index (χ2v) is 8.34. The number of fused-ring (bicyclic) bond motifs is 1. The predicted molar refractivity (Wildman–Crippen MR) is 116 cm³/mol. The van der Waals surface area contributed by atoms with Gasteiger partial charge in [0.1, 0.15) is 12.9 Å². The van der Waals surface area contributed by atoms with Gasteiger partial charge < -0.3 is 10.5 Å². The summed E-state index contributed by atoms with van der Waals surface area (Å²) in [5.74, 6) is 0.515. The Kier molecular flexibility index (Phi) is 6.37. The fourth-order valence-electron chi connectivity index (χ4n) is 3.16. The molecule has 0 saturated carbocycles. The Balaban J connectivity index is 1.44. The van der Waals surface area contributed by atoms with E-state index in [-0.39, 0.29) is 37.6 Å². The van der Waals surface area contributed by atoms with Crippen LogP contribution < -0.4 is 16.2 Å². The van der Waals surface area contributed by atoms with Crippen molar-refractivity contribution < 1.29 is 18.3 Å². The van der Waals surface area contributed by atoms with Gasteiger partial charge in [0.15, 0.2) is 5.78 Å². The molecule has 0 saturated heterocycles. The van der Waals surface area contributed by atoms with Crippen LogP contribution in [0.1, 0.15) is 20.9 Å². The minimum absolute atomic E-state index is 0.0204. The Labute approximate surface area is 185 Å². The van der Waals surface area contributed by atoms with Crippen molar-refractivity contribution in [2.24, 2.45) is 5.73 Å². The van der Waals surface area contributed by atoms with Gasteiger partial charge in [0, 0.05) is 40.1 Å². The minimum Gasteiger partial charge on any atom is -0.469 e. The number of hydrogen-bond acceptors (Lipinski definition) is 7. The monoisotopic (exact) mass is 459 g/mol. The minimum atomic E-state index is -1.89. The highest BCUT2D eigenvalue weighted by Crippen LogP contribution is 2.24. The fraction of sp³-hybridized carbons (Fsp3) is 0.238. The fourth-order valence-corrected chi connectivity index (χ4v) is 4.08. The van der Waals surface area contributed by atoms with E-state index in [0.717, 1.165) is 25.6 Å². The lowest BCUT2D eigenvalue weighted by molar-refractivity contribution is -0.121. The third kappa shape index (κ3) is 4.89. The average Bonchev–Trinajstić information content (AvgIpc) is 3.37. The number of thiophene rings is 1. The van der Waals surface area contributed by atoms with E-state index in [4.69, 9.17) is 10.5 Å². The molecular weight excluding hydrogens is 440 g/mol. The van der Waals surface area contributed by atoms with Gasteiger partial charge in [-0.15, -0.1) is 11.3 Å². The number of hydrogen-bond donors (Lipinski definition) is 1. The third-order valence-corrected chi connectivity index (χ3v) is 5.84. The lowest BCUT2D eigenvalue weighted by Gasteiger charge is -2.14. The normalized spacial score (nSPS) is 13.3. The molecule has 0 atom stereocenters. The molecule has 4 heterocycles. The number of aromatic nitrogens is 4. The molecule has 32 heavy (non-hydrogen) atoms. The molecule has 11 heteroatoms. The first-order valence-electron chi connectivity index (χ1n) is 9.68. The summed E-state index contributed by atoms with van der Waals surface area (Å²) in [4.78, 5) is 30.1. The summed E-state index contributed by atoms with van der Waals surface area (Å²) in [6.45, 7) is -0.344. The van der Waals surface area contributed by atoms with E-state index in [0.29, 0.717) is 12.3 Å². The van der Waals surface area contributed by atoms with Crippen molar-refractivity contribution in [3.8, 4) is 5.88 Å². The van der Waals surface area contributed by atoms with Crippen LogP contribution in [0.2, 0.25) is 0 Å². The Morgan fingerprint density at radius 2 is 2.12 bits per heavy atom. The van der Waals surface area contributed by atoms with Crippen LogP contribution in [0.3, 0.4) is 0 Å². The van der Waals surface area contributed by atoms with Gasteiger partial charge in [0.2, 0.25) is 5.88 Å². The maximum atomic E-state index is 12.8. The number of halogens is 2. The number of carbonyl (C=O) groups excluding carboxylic acids is 1. The van der Waals surface area contributed by atoms with Crippen LogP contribution in [-0.2, 0) is 24.3 Å². The number of ketones is 1. The first kappa shape index (κ1) is 21.8. The van der Waals surface area contributed by atoms with Crippen molar-refractivity contribution in [3.63, 3.8) is 0 Å². The number of rotatable bonds is 7. The molecule has 0 aliphatic carbocycles. The van der Waals surface area contributed by atoms with E-state index in [9.17, 15) is 18.4 Å². The summed E-state index contributed by atoms with van der Waals surface area (Å²) in [6, 6.07) is 5.68. The zero-order chi connectivity index (χ0) is 22.7. The second-order valence-electron chi connectivity index (χ2n) is 7.14. The van der Waals surface area contributed by atoms with Crippen molar-refractivity contribution in [3.05, 3.63) is 73.7 Å². The molecule has 2 N–H and O–H groups in total. The van der Waals surface area contributed by atoms with Crippen LogP contribution in [0.25, 0.3) is 12.2 Å². The molecule has 3 aromatic heterocycles. The number of pyridine rings is 1. The summed E-state index contributed by atoms with van der Waals surface area (Å²) >= 11 is 1.49. The molecule has 1 aliphatic rings. The molecule has 3 aromatic rings. The molecule has 4 rings (SSSR count). The van der Waals surface area contributed by atoms with Crippen LogP contribution in [-0.4, -0.2) is 38.3 Å². The van der Waals surface area contributed by atoms with Gasteiger partial charge >= 0.3 is 5.69 Å². The Morgan fingerprint density at radius 3 is 2.91 bits per heavy atom. The van der Waals surface area contributed by atoms with Crippen LogP contribution in [0.15, 0.2) is 47.2 Å². The lowest BCUT2D eigenvalue weighted by atomic mass is 10.1. The van der Waals surface area contributed by atoms with E-state index >= 15 is 0 Å². The van der Waals surface area contributed by atoms with E-state index in [1.807, 2.05) is 30.4 Å². The molecule has 0 amide bonds.